The van der Waals surface area contributed by atoms with E-state index >= 15 is 0 Å². The molecule has 49 heavy (non-hydrogen) atoms. The second-order valence-corrected chi connectivity index (χ2v) is 12.2. The zero-order valence-electron chi connectivity index (χ0n) is 27.4. The van der Waals surface area contributed by atoms with Crippen LogP contribution in [-0.4, -0.2) is 57.6 Å². The first-order chi connectivity index (χ1) is 23.3. The summed E-state index contributed by atoms with van der Waals surface area (Å²) in [6.45, 7) is 7.81. The second kappa shape index (κ2) is 16.3. The average molecular weight is 697 g/mol. The standard InChI is InChI=1S/C34H35F3N6O5S/c1-6-49-33(42(20-44)29-17-22(4)7-14-26(29)21(2)3)40-32(46)39-28-15-8-23(18-27(28)31(45)47-5)9-16-30-38-19-43(41-30)24-10-12-25(13-11-24)48-34(35,36)37/h7-8,10-15,17-21H,6,9,16H2,1-5H3,(H,39,46)/b40-33-. The Hall–Kier alpha value is -5.18. The van der Waals surface area contributed by atoms with Gasteiger partial charge in [0.1, 0.15) is 12.1 Å². The first kappa shape index (κ1) is 36.7. The van der Waals surface area contributed by atoms with Gasteiger partial charge in [-0.25, -0.2) is 19.3 Å². The molecule has 0 spiro atoms. The molecule has 15 heteroatoms. The number of hydrogen-bond donors (Lipinski definition) is 1. The number of hydrogen-bond acceptors (Lipinski definition) is 8. The van der Waals surface area contributed by atoms with Crippen LogP contribution >= 0.6 is 11.8 Å². The van der Waals surface area contributed by atoms with Gasteiger partial charge in [-0.15, -0.1) is 13.2 Å². The number of alkyl halides is 3. The number of nitrogens with one attached hydrogen (secondary N) is 1. The number of rotatable bonds is 11. The zero-order valence-corrected chi connectivity index (χ0v) is 28.3. The van der Waals surface area contributed by atoms with Crippen molar-refractivity contribution in [1.29, 1.82) is 0 Å². The quantitative estimate of drug-likeness (QED) is 0.0741. The molecule has 0 atom stereocenters. The van der Waals surface area contributed by atoms with Crippen LogP contribution in [-0.2, 0) is 22.4 Å². The molecule has 0 aliphatic rings. The summed E-state index contributed by atoms with van der Waals surface area (Å²) in [6, 6.07) is 15.1. The molecule has 3 amide bonds. The summed E-state index contributed by atoms with van der Waals surface area (Å²) in [6.07, 6.45) is -1.93. The molecule has 258 valence electrons. The maximum atomic E-state index is 13.2. The number of anilines is 2. The molecular weight excluding hydrogens is 661 g/mol. The lowest BCUT2D eigenvalue weighted by Gasteiger charge is -2.23. The molecule has 4 rings (SSSR count). The number of esters is 1. The summed E-state index contributed by atoms with van der Waals surface area (Å²) in [5.41, 5.74) is 3.97. The average Bonchev–Trinajstić information content (AvgIpc) is 3.53. The SMILES string of the molecule is CCS/C(=N\C(=O)Nc1ccc(CCc2ncn(-c3ccc(OC(F)(F)F)cc3)n2)cc1C(=O)OC)N(C=O)c1cc(C)ccc1C(C)C. The van der Waals surface area contributed by atoms with Crippen molar-refractivity contribution in [3.63, 3.8) is 0 Å². The largest absolute Gasteiger partial charge is 0.573 e. The van der Waals surface area contributed by atoms with Gasteiger partial charge in [0.05, 0.1) is 29.7 Å². The van der Waals surface area contributed by atoms with Crippen molar-refractivity contribution in [3.8, 4) is 11.4 Å². The van der Waals surface area contributed by atoms with Crippen LogP contribution < -0.4 is 15.0 Å². The van der Waals surface area contributed by atoms with Crippen LogP contribution in [0.25, 0.3) is 5.69 Å². The van der Waals surface area contributed by atoms with E-state index < -0.39 is 18.4 Å². The highest BCUT2D eigenvalue weighted by molar-refractivity contribution is 8.14. The van der Waals surface area contributed by atoms with E-state index in [9.17, 15) is 27.6 Å². The zero-order chi connectivity index (χ0) is 35.7. The smallest absolute Gasteiger partial charge is 0.465 e. The number of aryl methyl sites for hydroxylation is 3. The van der Waals surface area contributed by atoms with Crippen LogP contribution in [0.1, 0.15) is 59.6 Å². The molecule has 0 fully saturated rings. The molecule has 0 radical (unpaired) electrons. The predicted octanol–water partition coefficient (Wildman–Crippen LogP) is 7.47. The monoisotopic (exact) mass is 696 g/mol. The van der Waals surface area contributed by atoms with Crippen molar-refractivity contribution < 1.29 is 37.0 Å². The van der Waals surface area contributed by atoms with Crippen molar-refractivity contribution >= 4 is 46.7 Å². The summed E-state index contributed by atoms with van der Waals surface area (Å²) in [7, 11) is 1.23. The van der Waals surface area contributed by atoms with Gasteiger partial charge in [0, 0.05) is 6.42 Å². The van der Waals surface area contributed by atoms with Crippen LogP contribution in [0, 0.1) is 6.92 Å². The van der Waals surface area contributed by atoms with E-state index in [0.29, 0.717) is 42.2 Å². The fourth-order valence-electron chi connectivity index (χ4n) is 4.80. The fourth-order valence-corrected chi connectivity index (χ4v) is 5.48. The summed E-state index contributed by atoms with van der Waals surface area (Å²) in [5, 5.41) is 7.21. The van der Waals surface area contributed by atoms with Crippen LogP contribution in [0.15, 0.2) is 72.0 Å². The third-order valence-corrected chi connectivity index (χ3v) is 7.93. The number of aliphatic imine (C=N–C) groups is 1. The number of ether oxygens (including phenoxy) is 2. The molecule has 0 unspecified atom stereocenters. The van der Waals surface area contributed by atoms with E-state index in [-0.39, 0.29) is 28.1 Å². The highest BCUT2D eigenvalue weighted by Gasteiger charge is 2.31. The number of carbonyl (C=O) groups is 3. The minimum absolute atomic E-state index is 0.0981. The van der Waals surface area contributed by atoms with Crippen molar-refractivity contribution in [2.24, 2.45) is 4.99 Å². The van der Waals surface area contributed by atoms with Gasteiger partial charge >= 0.3 is 18.4 Å². The highest BCUT2D eigenvalue weighted by atomic mass is 32.2. The number of carbonyl (C=O) groups excluding carboxylic acids is 3. The van der Waals surface area contributed by atoms with Gasteiger partial charge < -0.3 is 14.8 Å². The first-order valence-electron chi connectivity index (χ1n) is 15.2. The predicted molar refractivity (Wildman–Crippen MR) is 182 cm³/mol. The van der Waals surface area contributed by atoms with Crippen molar-refractivity contribution in [3.05, 3.63) is 95.1 Å². The number of amides is 3. The summed E-state index contributed by atoms with van der Waals surface area (Å²) in [5.74, 6) is 0.0694. The summed E-state index contributed by atoms with van der Waals surface area (Å²) >= 11 is 1.23. The van der Waals surface area contributed by atoms with E-state index in [1.807, 2.05) is 45.9 Å². The molecular formula is C34H35F3N6O5S. The van der Waals surface area contributed by atoms with Crippen molar-refractivity contribution in [2.45, 2.75) is 52.8 Å². The lowest BCUT2D eigenvalue weighted by molar-refractivity contribution is -0.274. The second-order valence-electron chi connectivity index (χ2n) is 11.0. The Balaban J connectivity index is 1.50. The van der Waals surface area contributed by atoms with Crippen molar-refractivity contribution in [1.82, 2.24) is 14.8 Å². The Kier molecular flexibility index (Phi) is 12.2. The van der Waals surface area contributed by atoms with E-state index in [1.165, 1.54) is 59.0 Å². The molecule has 1 N–H and O–H groups in total. The van der Waals surface area contributed by atoms with Gasteiger partial charge in [-0.1, -0.05) is 50.7 Å². The number of amidine groups is 1. The maximum absolute atomic E-state index is 13.2. The molecule has 11 nitrogen and oxygen atoms in total. The third kappa shape index (κ3) is 9.92. The van der Waals surface area contributed by atoms with Gasteiger partial charge in [-0.05, 0) is 84.2 Å². The normalized spacial score (nSPS) is 11.7. The lowest BCUT2D eigenvalue weighted by atomic mass is 9.99. The topological polar surface area (TPSA) is 128 Å². The first-order valence-corrected chi connectivity index (χ1v) is 16.2. The van der Waals surface area contributed by atoms with Gasteiger partial charge in [-0.2, -0.15) is 10.1 Å². The molecule has 0 saturated carbocycles. The van der Waals surface area contributed by atoms with Gasteiger partial charge in [-0.3, -0.25) is 9.69 Å². The van der Waals surface area contributed by atoms with Crippen LogP contribution in [0.5, 0.6) is 5.75 Å². The third-order valence-electron chi connectivity index (χ3n) is 7.09. The van der Waals surface area contributed by atoms with Crippen LogP contribution in [0.2, 0.25) is 0 Å². The maximum Gasteiger partial charge on any atom is 0.573 e. The minimum Gasteiger partial charge on any atom is -0.465 e. The Morgan fingerprint density at radius 3 is 2.45 bits per heavy atom. The number of urea groups is 1. The highest BCUT2D eigenvalue weighted by Crippen LogP contribution is 2.30. The van der Waals surface area contributed by atoms with Crippen molar-refractivity contribution in [2.75, 3.05) is 23.1 Å². The molecule has 1 heterocycles. The lowest BCUT2D eigenvalue weighted by Crippen LogP contribution is -2.30. The summed E-state index contributed by atoms with van der Waals surface area (Å²) < 4.78 is 47.6. The van der Waals surface area contributed by atoms with E-state index in [1.54, 1.807) is 18.2 Å². The molecule has 0 aliphatic carbocycles. The van der Waals surface area contributed by atoms with Gasteiger partial charge in [0.25, 0.3) is 0 Å². The van der Waals surface area contributed by atoms with Crippen LogP contribution in [0.3, 0.4) is 0 Å². The van der Waals surface area contributed by atoms with Crippen LogP contribution in [0.4, 0.5) is 29.3 Å². The Bertz CT molecular complexity index is 1830. The molecule has 0 bridgehead atoms. The minimum atomic E-state index is -4.79. The summed E-state index contributed by atoms with van der Waals surface area (Å²) in [4.78, 5) is 48.1. The molecule has 4 aromatic rings. The molecule has 0 saturated heterocycles. The van der Waals surface area contributed by atoms with E-state index in [0.717, 1.165) is 16.7 Å². The number of aromatic nitrogens is 3. The number of thioether (sulfide) groups is 1. The van der Waals surface area contributed by atoms with Gasteiger partial charge in [0.15, 0.2) is 11.0 Å². The van der Waals surface area contributed by atoms with E-state index in [4.69, 9.17) is 4.74 Å². The number of nitrogens with zero attached hydrogens (tertiary/aromatic N) is 5. The molecule has 0 aliphatic heterocycles. The fraction of sp³-hybridized carbons (Fsp3) is 0.294. The van der Waals surface area contributed by atoms with E-state index in [2.05, 4.69) is 25.1 Å². The molecule has 1 aromatic heterocycles. The molecule has 3 aromatic carbocycles. The number of benzene rings is 3. The Labute approximate surface area is 285 Å². The van der Waals surface area contributed by atoms with Gasteiger partial charge in [0.2, 0.25) is 6.41 Å². The number of halogens is 3. The Morgan fingerprint density at radius 2 is 1.82 bits per heavy atom. The Morgan fingerprint density at radius 1 is 1.08 bits per heavy atom. The number of methoxy groups -OCH3 is 1.